The van der Waals surface area contributed by atoms with Crippen molar-refractivity contribution in [1.29, 1.82) is 0 Å². The number of thioether (sulfide) groups is 1. The maximum atomic E-state index is 8.49. The molecule has 5 heteroatoms. The predicted molar refractivity (Wildman–Crippen MR) is 49.6 cm³/mol. The number of nitrogens with zero attached hydrogens (tertiary/aromatic N) is 1. The number of halogens is 1. The van der Waals surface area contributed by atoms with Crippen LogP contribution in [-0.4, -0.2) is 22.5 Å². The van der Waals surface area contributed by atoms with Gasteiger partial charge in [-0.25, -0.2) is 4.98 Å². The van der Waals surface area contributed by atoms with E-state index in [9.17, 15) is 0 Å². The van der Waals surface area contributed by atoms with Gasteiger partial charge in [0, 0.05) is 17.7 Å². The zero-order valence-corrected chi connectivity index (χ0v) is 8.18. The number of thiazole rings is 1. The molecule has 0 radical (unpaired) electrons. The number of hydrogen-bond acceptors (Lipinski definition) is 4. The second-order valence-electron chi connectivity index (χ2n) is 1.86. The summed E-state index contributed by atoms with van der Waals surface area (Å²) in [5.74, 6) is 0.903. The van der Waals surface area contributed by atoms with Crippen LogP contribution in [0.5, 0.6) is 0 Å². The van der Waals surface area contributed by atoms with E-state index in [2.05, 4.69) is 4.98 Å². The Labute approximate surface area is 78.6 Å². The van der Waals surface area contributed by atoms with Gasteiger partial charge in [-0.3, -0.25) is 0 Å². The standard InChI is InChI=1S/C6H8ClNOS2/c7-5-4-11-6(8-5)10-3-1-2-9/h4,9H,1-3H2. The summed E-state index contributed by atoms with van der Waals surface area (Å²) in [6, 6.07) is 0. The first-order valence-electron chi connectivity index (χ1n) is 3.17. The Hall–Kier alpha value is 0.230. The number of aliphatic hydroxyl groups excluding tert-OH is 1. The second kappa shape index (κ2) is 4.98. The Kier molecular flexibility index (Phi) is 4.22. The van der Waals surface area contributed by atoms with Gasteiger partial charge in [0.25, 0.3) is 0 Å². The van der Waals surface area contributed by atoms with Gasteiger partial charge in [-0.2, -0.15) is 0 Å². The van der Waals surface area contributed by atoms with Crippen molar-refractivity contribution in [1.82, 2.24) is 4.98 Å². The van der Waals surface area contributed by atoms with Gasteiger partial charge in [-0.15, -0.1) is 11.3 Å². The van der Waals surface area contributed by atoms with Gasteiger partial charge in [-0.1, -0.05) is 23.4 Å². The van der Waals surface area contributed by atoms with Crippen LogP contribution in [0, 0.1) is 0 Å². The highest BCUT2D eigenvalue weighted by molar-refractivity contribution is 8.01. The Morgan fingerprint density at radius 2 is 2.55 bits per heavy atom. The third kappa shape index (κ3) is 3.42. The molecule has 0 unspecified atom stereocenters. The van der Waals surface area contributed by atoms with E-state index in [4.69, 9.17) is 16.7 Å². The van der Waals surface area contributed by atoms with Gasteiger partial charge < -0.3 is 5.11 Å². The molecule has 0 amide bonds. The van der Waals surface area contributed by atoms with E-state index in [0.29, 0.717) is 5.15 Å². The summed E-state index contributed by atoms with van der Waals surface area (Å²) in [5.41, 5.74) is 0. The molecule has 0 aliphatic carbocycles. The van der Waals surface area contributed by atoms with Gasteiger partial charge in [0.05, 0.1) is 0 Å². The van der Waals surface area contributed by atoms with Crippen LogP contribution in [0.2, 0.25) is 5.15 Å². The fourth-order valence-corrected chi connectivity index (χ4v) is 2.53. The van der Waals surface area contributed by atoms with Crippen LogP contribution in [0.15, 0.2) is 9.72 Å². The van der Waals surface area contributed by atoms with Crippen molar-refractivity contribution in [3.8, 4) is 0 Å². The van der Waals surface area contributed by atoms with E-state index in [1.807, 2.05) is 5.38 Å². The maximum absolute atomic E-state index is 8.49. The summed E-state index contributed by atoms with van der Waals surface area (Å²) in [4.78, 5) is 4.05. The third-order valence-electron chi connectivity index (χ3n) is 0.983. The fourth-order valence-electron chi connectivity index (χ4n) is 0.529. The lowest BCUT2D eigenvalue weighted by Gasteiger charge is -1.92. The fraction of sp³-hybridized carbons (Fsp3) is 0.500. The Bertz CT molecular complexity index is 216. The van der Waals surface area contributed by atoms with Crippen LogP contribution in [-0.2, 0) is 0 Å². The molecule has 0 spiro atoms. The zero-order valence-electron chi connectivity index (χ0n) is 5.79. The van der Waals surface area contributed by atoms with Crippen LogP contribution in [0.1, 0.15) is 6.42 Å². The highest BCUT2D eigenvalue weighted by Crippen LogP contribution is 2.24. The summed E-state index contributed by atoms with van der Waals surface area (Å²) in [7, 11) is 0. The molecule has 2 nitrogen and oxygen atoms in total. The zero-order chi connectivity index (χ0) is 8.10. The highest BCUT2D eigenvalue weighted by Gasteiger charge is 1.98. The molecule has 1 N–H and O–H groups in total. The van der Waals surface area contributed by atoms with Gasteiger partial charge in [0.2, 0.25) is 0 Å². The molecular formula is C6H8ClNOS2. The normalized spacial score (nSPS) is 10.4. The van der Waals surface area contributed by atoms with E-state index in [-0.39, 0.29) is 6.61 Å². The molecule has 1 aromatic rings. The molecule has 1 heterocycles. The molecule has 0 aromatic carbocycles. The van der Waals surface area contributed by atoms with Crippen molar-refractivity contribution < 1.29 is 5.11 Å². The molecule has 1 rings (SSSR count). The Morgan fingerprint density at radius 1 is 1.73 bits per heavy atom. The van der Waals surface area contributed by atoms with Crippen LogP contribution in [0.4, 0.5) is 0 Å². The summed E-state index contributed by atoms with van der Waals surface area (Å²) < 4.78 is 0.975. The minimum atomic E-state index is 0.242. The lowest BCUT2D eigenvalue weighted by atomic mass is 10.5. The molecule has 62 valence electrons. The molecule has 1 aromatic heterocycles. The van der Waals surface area contributed by atoms with Gasteiger partial charge in [-0.05, 0) is 6.42 Å². The molecule has 0 aliphatic heterocycles. The molecule has 0 atom stereocenters. The van der Waals surface area contributed by atoms with Crippen molar-refractivity contribution in [3.05, 3.63) is 10.5 Å². The van der Waals surface area contributed by atoms with E-state index in [0.717, 1.165) is 16.5 Å². The predicted octanol–water partition coefficient (Wildman–Crippen LogP) is 2.27. The first-order valence-corrected chi connectivity index (χ1v) is 5.42. The molecule has 0 bridgehead atoms. The van der Waals surface area contributed by atoms with Crippen LogP contribution >= 0.6 is 34.7 Å². The minimum Gasteiger partial charge on any atom is -0.396 e. The quantitative estimate of drug-likeness (QED) is 0.610. The van der Waals surface area contributed by atoms with E-state index < -0.39 is 0 Å². The van der Waals surface area contributed by atoms with Crippen molar-refractivity contribution >= 4 is 34.7 Å². The lowest BCUT2D eigenvalue weighted by Crippen LogP contribution is -1.84. The van der Waals surface area contributed by atoms with E-state index >= 15 is 0 Å². The number of aliphatic hydroxyl groups is 1. The van der Waals surface area contributed by atoms with Gasteiger partial charge in [0.15, 0.2) is 4.34 Å². The van der Waals surface area contributed by atoms with E-state index in [1.165, 1.54) is 11.3 Å². The average molecular weight is 210 g/mol. The van der Waals surface area contributed by atoms with Crippen molar-refractivity contribution in [2.75, 3.05) is 12.4 Å². The molecule has 11 heavy (non-hydrogen) atoms. The summed E-state index contributed by atoms with van der Waals surface area (Å²) in [6.07, 6.45) is 0.807. The largest absolute Gasteiger partial charge is 0.396 e. The smallest absolute Gasteiger partial charge is 0.151 e. The lowest BCUT2D eigenvalue weighted by molar-refractivity contribution is 0.296. The third-order valence-corrected chi connectivity index (χ3v) is 3.41. The maximum Gasteiger partial charge on any atom is 0.151 e. The van der Waals surface area contributed by atoms with Gasteiger partial charge >= 0.3 is 0 Å². The van der Waals surface area contributed by atoms with Crippen LogP contribution in [0.3, 0.4) is 0 Å². The minimum absolute atomic E-state index is 0.242. The number of hydrogen-bond donors (Lipinski definition) is 1. The molecule has 0 saturated heterocycles. The van der Waals surface area contributed by atoms with Gasteiger partial charge in [0.1, 0.15) is 5.15 Å². The summed E-state index contributed by atoms with van der Waals surface area (Å²) >= 11 is 8.78. The summed E-state index contributed by atoms with van der Waals surface area (Å²) in [6.45, 7) is 0.242. The first kappa shape index (κ1) is 9.32. The molecule has 0 fully saturated rings. The number of aromatic nitrogens is 1. The molecular weight excluding hydrogens is 202 g/mol. The van der Waals surface area contributed by atoms with Crippen LogP contribution < -0.4 is 0 Å². The Morgan fingerprint density at radius 3 is 3.09 bits per heavy atom. The topological polar surface area (TPSA) is 33.1 Å². The highest BCUT2D eigenvalue weighted by atomic mass is 35.5. The second-order valence-corrected chi connectivity index (χ2v) is 4.45. The average Bonchev–Trinajstić information content (AvgIpc) is 2.37. The molecule has 0 saturated carbocycles. The Balaban J connectivity index is 2.27. The summed E-state index contributed by atoms with van der Waals surface area (Å²) in [5, 5.41) is 10.9. The monoisotopic (exact) mass is 209 g/mol. The van der Waals surface area contributed by atoms with Crippen LogP contribution in [0.25, 0.3) is 0 Å². The molecule has 0 aliphatic rings. The first-order chi connectivity index (χ1) is 5.33. The van der Waals surface area contributed by atoms with Crippen molar-refractivity contribution in [2.45, 2.75) is 10.8 Å². The van der Waals surface area contributed by atoms with E-state index in [1.54, 1.807) is 11.8 Å². The van der Waals surface area contributed by atoms with Crippen molar-refractivity contribution in [2.24, 2.45) is 0 Å². The number of rotatable bonds is 4. The van der Waals surface area contributed by atoms with Crippen molar-refractivity contribution in [3.63, 3.8) is 0 Å². The SMILES string of the molecule is OCCCSc1nc(Cl)cs1.